The van der Waals surface area contributed by atoms with Crippen molar-refractivity contribution in [2.24, 2.45) is 0 Å². The van der Waals surface area contributed by atoms with Gasteiger partial charge in [0.25, 0.3) is 6.10 Å². The molecule has 0 radical (unpaired) electrons. The van der Waals surface area contributed by atoms with Crippen molar-refractivity contribution in [2.45, 2.75) is 475 Å². The van der Waals surface area contributed by atoms with Gasteiger partial charge in [-0.1, -0.05) is 242 Å². The average molecular weight is 2320 g/mol. The van der Waals surface area contributed by atoms with E-state index in [9.17, 15) is 146 Å². The summed E-state index contributed by atoms with van der Waals surface area (Å²) in [6.45, 7) is 27.2. The number of esters is 5. The Hall–Kier alpha value is -3.78. The first-order chi connectivity index (χ1) is 58.3. The molecule has 53 heteroatoms. The third-order valence-electron chi connectivity index (χ3n) is 21.1. The molecule has 0 bridgehead atoms. The van der Waals surface area contributed by atoms with E-state index in [1.54, 1.807) is 28.4 Å². The number of rotatable bonds is 64. The Labute approximate surface area is 872 Å². The van der Waals surface area contributed by atoms with E-state index in [4.69, 9.17) is 26.9 Å². The highest BCUT2D eigenvalue weighted by atomic mass is 32.2. The van der Waals surface area contributed by atoms with E-state index in [0.717, 1.165) is 115 Å². The molecule has 0 saturated heterocycles. The van der Waals surface area contributed by atoms with E-state index in [0.29, 0.717) is 45.4 Å². The summed E-state index contributed by atoms with van der Waals surface area (Å²) < 4.78 is 372. The Kier molecular flexibility index (Phi) is 117. The predicted octanol–water partition coefficient (Wildman–Crippen LogP) is 27.0. The van der Waals surface area contributed by atoms with Crippen molar-refractivity contribution in [1.82, 2.24) is 0 Å². The molecular weight excluding hydrogens is 2120 g/mol. The maximum Gasteiger partial charge on any atom is 0.432 e. The molecule has 0 amide bonds. The van der Waals surface area contributed by atoms with E-state index >= 15 is 0 Å². The van der Waals surface area contributed by atoms with Gasteiger partial charge in [-0.15, -0.1) is 0 Å². The summed E-state index contributed by atoms with van der Waals surface area (Å²) >= 11 is 0. The smallest absolute Gasteiger partial charge is 0.432 e. The maximum atomic E-state index is 13.3. The standard InChI is InChI=1S/C18H33F5O6SSi.C17H36O6SSi.C16H32F2O6SSi.C13H25F3O6SSi.C12H23F3O6SSi.10CH4.5CH3/c1-28-31(2,3)14-12-10-8-6-4-5-7-9-11-13-15(24)29-16(17(19,20)21)18(22,23)30(25,26)27;1-16(15-24(19,20)21)23-17(18)13-11-9-7-5-6-8-10-12-14-25(3,4)22-2;1-14(16(17,18)25(20,21)22)24-15(19)12-10-8-6-5-7-9-11-13-26(3,4)23-2;1-5-10(24(3,4)21-2)7-6-8-12(17)22-11(13(14,15)16)9-23(18,19)20;1-9(23(3,4)20-2)6-5-7-11(16)21-10(12(13,14)15)8-22(17,18)19;;;;;;;;;;;;;;;/h16H,4-14H2,1-3H3,(H,25,26,27);16H,5-15H2,1-4H3,(H,19,20,21);14H,5-13H2,1-4H3,(H,20,21,22);10-11H,5-9H2,1-4H3,(H,18,19,20);9-10H,5-8H2,1-4H3,(H,17,18,19);10*1H4;5*1H3/q;;;;;;;;;;;;;;;5*+1/p-5. The number of alkyl halides is 13. The van der Waals surface area contributed by atoms with Gasteiger partial charge in [0.2, 0.25) is 12.2 Å². The van der Waals surface area contributed by atoms with Gasteiger partial charge in [-0.05, 0) is 141 Å². The number of halogens is 13. The van der Waals surface area contributed by atoms with Crippen LogP contribution in [0.1, 0.15) is 320 Å². The fourth-order valence-corrected chi connectivity index (χ4v) is 22.0. The van der Waals surface area contributed by atoms with Crippen LogP contribution >= 0.6 is 0 Å². The molecular formula is C91H199F13O30S5Si5. The highest BCUT2D eigenvalue weighted by Gasteiger charge is 2.63. The fourth-order valence-electron chi connectivity index (χ4n) is 11.7. The van der Waals surface area contributed by atoms with E-state index in [1.807, 2.05) is 47.1 Å². The van der Waals surface area contributed by atoms with Gasteiger partial charge in [0.05, 0.1) is 47.6 Å². The van der Waals surface area contributed by atoms with Crippen LogP contribution in [0.4, 0.5) is 57.1 Å². The number of hydrogen-bond donors (Lipinski definition) is 0. The molecule has 0 aliphatic rings. The van der Waals surface area contributed by atoms with Gasteiger partial charge >= 0.3 is 58.9 Å². The zero-order chi connectivity index (χ0) is 102. The SMILES string of the molecule is C.C.C.C.C.C.C.C.C.C.CCC(CCCC(=O)OC(CS(=O)(=O)[O-])C(F)(F)F)[Si](C)(C)OC.CO[Si](C)(C)C(C)CCCC(=O)OC(CS(=O)(=O)[O-])C(F)(F)F.CO[Si](C)(C)CCCCCCCCCC(=O)OC(C)C(F)(F)S(=O)(=O)[O-].CO[Si](C)(C)CCCCCCCCCCC(=O)OC(C)CS(=O)(=O)[O-].CO[Si](C)(C)CCCCCCCCCCCC(=O)OC(C(F)(F)F)C(F)(F)S(=O)(=O)[O-].[CH3+].[CH3+].[CH3+].[CH3+].[CH3+]. The minimum absolute atomic E-state index is 0. The highest BCUT2D eigenvalue weighted by Crippen LogP contribution is 2.39. The number of hydrogen-bond acceptors (Lipinski definition) is 30. The summed E-state index contributed by atoms with van der Waals surface area (Å²) in [6.07, 6.45) is -4.81. The molecule has 7 unspecified atom stereocenters. The molecule has 0 aromatic rings. The Bertz CT molecular complexity index is 3740. The second-order valence-corrected chi connectivity index (χ2v) is 63.9. The van der Waals surface area contributed by atoms with Gasteiger partial charge < -0.3 is 68.6 Å². The van der Waals surface area contributed by atoms with Crippen LogP contribution in [0, 0.1) is 37.1 Å². The molecule has 0 saturated carbocycles. The van der Waals surface area contributed by atoms with Gasteiger partial charge in [-0.25, -0.2) is 42.1 Å². The van der Waals surface area contributed by atoms with Crippen molar-refractivity contribution in [3.63, 3.8) is 0 Å². The number of carbonyl (C=O) groups excluding carboxylic acids is 5. The van der Waals surface area contributed by atoms with Crippen LogP contribution in [0.15, 0.2) is 0 Å². The van der Waals surface area contributed by atoms with Crippen molar-refractivity contribution in [3.8, 4) is 0 Å². The van der Waals surface area contributed by atoms with Crippen LogP contribution in [0.2, 0.25) is 94.7 Å². The Morgan fingerprint density at radius 1 is 0.292 bits per heavy atom. The second-order valence-electron chi connectivity index (χ2n) is 34.4. The monoisotopic (exact) mass is 2320 g/mol. The van der Waals surface area contributed by atoms with E-state index in [2.05, 4.69) is 58.2 Å². The number of ether oxygens (including phenoxy) is 5. The molecule has 884 valence electrons. The highest BCUT2D eigenvalue weighted by molar-refractivity contribution is 7.87. The molecule has 0 N–H and O–H groups in total. The lowest BCUT2D eigenvalue weighted by molar-refractivity contribution is -0.259. The lowest BCUT2D eigenvalue weighted by Crippen LogP contribution is -2.52. The lowest BCUT2D eigenvalue weighted by atomic mass is 10.1. The zero-order valence-electron chi connectivity index (χ0n) is 83.0. The van der Waals surface area contributed by atoms with Crippen LogP contribution in [0.5, 0.6) is 0 Å². The van der Waals surface area contributed by atoms with E-state index in [1.165, 1.54) is 45.1 Å². The average Bonchev–Trinajstić information content (AvgIpc) is 0.773. The Morgan fingerprint density at radius 2 is 0.521 bits per heavy atom. The maximum absolute atomic E-state index is 13.3. The molecule has 0 spiro atoms. The molecule has 7 atom stereocenters. The quantitative estimate of drug-likeness (QED) is 0.0104. The minimum Gasteiger partial charge on any atom is -0.748 e. The minimum atomic E-state index is -6.67. The van der Waals surface area contributed by atoms with Gasteiger partial charge in [-0.3, -0.25) is 24.0 Å². The first-order valence-corrected chi connectivity index (χ1v) is 65.6. The van der Waals surface area contributed by atoms with Gasteiger partial charge in [0.15, 0.2) is 67.9 Å². The molecule has 0 heterocycles. The van der Waals surface area contributed by atoms with Crippen LogP contribution in [-0.2, 0) is 120 Å². The van der Waals surface area contributed by atoms with Crippen molar-refractivity contribution in [3.05, 3.63) is 37.1 Å². The summed E-state index contributed by atoms with van der Waals surface area (Å²) in [6, 6.07) is 3.47. The van der Waals surface area contributed by atoms with E-state index in [-0.39, 0.29) is 161 Å². The van der Waals surface area contributed by atoms with Crippen molar-refractivity contribution in [2.75, 3.05) is 52.8 Å². The number of carbonyl (C=O) groups is 5. The fraction of sp³-hybridized carbons (Fsp3) is 0.890. The molecule has 0 aromatic heterocycles. The van der Waals surface area contributed by atoms with Crippen molar-refractivity contribution >= 4 is 122 Å². The van der Waals surface area contributed by atoms with Crippen molar-refractivity contribution in [1.29, 1.82) is 0 Å². The molecule has 0 rings (SSSR count). The van der Waals surface area contributed by atoms with Crippen LogP contribution in [0.25, 0.3) is 0 Å². The first kappa shape index (κ1) is 188. The third kappa shape index (κ3) is 98.9. The van der Waals surface area contributed by atoms with Gasteiger partial charge in [0.1, 0.15) is 6.10 Å². The van der Waals surface area contributed by atoms with Gasteiger partial charge in [0, 0.05) is 105 Å². The zero-order valence-corrected chi connectivity index (χ0v) is 92.1. The van der Waals surface area contributed by atoms with Crippen LogP contribution in [0.3, 0.4) is 0 Å². The summed E-state index contributed by atoms with van der Waals surface area (Å²) in [4.78, 5) is 57.4. The predicted molar refractivity (Wildman–Crippen MR) is 564 cm³/mol. The molecule has 0 aliphatic heterocycles. The second kappa shape index (κ2) is 89.7. The summed E-state index contributed by atoms with van der Waals surface area (Å²) in [5.74, 6) is -9.64. The van der Waals surface area contributed by atoms with E-state index < -0.39 is 205 Å². The van der Waals surface area contributed by atoms with Crippen LogP contribution < -0.4 is 0 Å². The third-order valence-corrected chi connectivity index (χ3v) is 40.7. The summed E-state index contributed by atoms with van der Waals surface area (Å²) in [5.41, 5.74) is 0.413. The molecule has 0 aliphatic carbocycles. The summed E-state index contributed by atoms with van der Waals surface area (Å²) in [5, 5.41) is -10.4. The van der Waals surface area contributed by atoms with Gasteiger partial charge in [-0.2, -0.15) is 57.1 Å². The van der Waals surface area contributed by atoms with Crippen molar-refractivity contribution < 1.29 is 192 Å². The topological polar surface area (TPSA) is 464 Å². The number of unbranched alkanes of at least 4 members (excludes halogenated alkanes) is 21. The molecule has 0 aromatic carbocycles. The van der Waals surface area contributed by atoms with Crippen LogP contribution in [-0.4, -0.2) is 249 Å². The lowest BCUT2D eigenvalue weighted by Gasteiger charge is -2.30. The largest absolute Gasteiger partial charge is 0.748 e. The molecule has 0 fully saturated rings. The molecule has 144 heavy (non-hydrogen) atoms. The first-order valence-electron chi connectivity index (χ1n) is 42.8. The summed E-state index contributed by atoms with van der Waals surface area (Å²) in [7, 11) is -26.9. The molecule has 30 nitrogen and oxygen atoms in total. The normalized spacial score (nSPS) is 13.3. The Morgan fingerprint density at radius 3 is 0.750 bits per heavy atom. The Balaban J connectivity index is -0.0000000725.